The van der Waals surface area contributed by atoms with Gasteiger partial charge in [0.25, 0.3) is 0 Å². The van der Waals surface area contributed by atoms with Crippen molar-refractivity contribution < 1.29 is 4.74 Å². The summed E-state index contributed by atoms with van der Waals surface area (Å²) in [5.41, 5.74) is 0.822. The van der Waals surface area contributed by atoms with Gasteiger partial charge in [-0.3, -0.25) is 0 Å². The van der Waals surface area contributed by atoms with Crippen molar-refractivity contribution in [3.8, 4) is 0 Å². The molecular weight excluding hydrogens is 254 g/mol. The molecule has 6 heteroatoms. The maximum atomic E-state index is 5.60. The molecule has 2 saturated carbocycles. The molecule has 2 aromatic rings. The molecule has 2 heterocycles. The molecule has 0 aromatic carbocycles. The molecule has 0 atom stereocenters. The van der Waals surface area contributed by atoms with Gasteiger partial charge >= 0.3 is 0 Å². The molecule has 0 bridgehead atoms. The summed E-state index contributed by atoms with van der Waals surface area (Å²) in [6, 6.07) is 3.90. The van der Waals surface area contributed by atoms with Gasteiger partial charge < -0.3 is 10.1 Å². The van der Waals surface area contributed by atoms with Crippen LogP contribution in [0.2, 0.25) is 0 Å². The van der Waals surface area contributed by atoms with E-state index in [1.54, 1.807) is 0 Å². The minimum Gasteiger partial charge on any atom is -0.379 e. The molecule has 1 N–H and O–H groups in total. The Bertz CT molecular complexity index is 603. The Kier molecular flexibility index (Phi) is 3.03. The largest absolute Gasteiger partial charge is 0.379 e. The van der Waals surface area contributed by atoms with Crippen molar-refractivity contribution in [2.75, 3.05) is 25.1 Å². The number of anilines is 1. The number of hydrogen-bond acceptors (Lipinski definition) is 5. The highest BCUT2D eigenvalue weighted by Crippen LogP contribution is 2.38. The molecule has 0 amide bonds. The lowest BCUT2D eigenvalue weighted by atomic mass is 10.4. The van der Waals surface area contributed by atoms with Crippen LogP contribution in [0.4, 0.5) is 5.82 Å². The molecule has 0 spiro atoms. The smallest absolute Gasteiger partial charge is 0.178 e. The fourth-order valence-electron chi connectivity index (χ4n) is 2.28. The fourth-order valence-corrected chi connectivity index (χ4v) is 2.28. The maximum absolute atomic E-state index is 5.60. The van der Waals surface area contributed by atoms with Crippen LogP contribution in [0.5, 0.6) is 0 Å². The van der Waals surface area contributed by atoms with Crippen LogP contribution >= 0.6 is 0 Å². The van der Waals surface area contributed by atoms with Gasteiger partial charge in [-0.25, -0.2) is 0 Å². The zero-order valence-corrected chi connectivity index (χ0v) is 11.5. The number of fused-ring (bicyclic) bond motifs is 1. The zero-order chi connectivity index (χ0) is 13.4. The minimum atomic E-state index is 0.551. The molecule has 106 valence electrons. The molecule has 0 saturated heterocycles. The Morgan fingerprint density at radius 2 is 2.10 bits per heavy atom. The van der Waals surface area contributed by atoms with Gasteiger partial charge in [-0.2, -0.15) is 4.52 Å². The average molecular weight is 273 g/mol. The Morgan fingerprint density at radius 1 is 1.20 bits per heavy atom. The lowest BCUT2D eigenvalue weighted by molar-refractivity contribution is 0.134. The molecule has 0 unspecified atom stereocenters. The second kappa shape index (κ2) is 5.01. The summed E-state index contributed by atoms with van der Waals surface area (Å²) in [5, 5.41) is 16.2. The summed E-state index contributed by atoms with van der Waals surface area (Å²) < 4.78 is 7.47. The van der Waals surface area contributed by atoms with Gasteiger partial charge in [0.1, 0.15) is 5.82 Å². The zero-order valence-electron chi connectivity index (χ0n) is 11.5. The van der Waals surface area contributed by atoms with E-state index < -0.39 is 0 Å². The van der Waals surface area contributed by atoms with Crippen LogP contribution in [0.1, 0.15) is 37.4 Å². The third-order valence-electron chi connectivity index (χ3n) is 3.83. The first-order valence-electron chi connectivity index (χ1n) is 7.44. The number of ether oxygens (including phenoxy) is 1. The van der Waals surface area contributed by atoms with Gasteiger partial charge in [-0.05, 0) is 43.7 Å². The summed E-state index contributed by atoms with van der Waals surface area (Å²) in [7, 11) is 0. The van der Waals surface area contributed by atoms with Gasteiger partial charge in [-0.1, -0.05) is 0 Å². The molecule has 2 fully saturated rings. The first kappa shape index (κ1) is 12.1. The molecule has 2 aromatic heterocycles. The van der Waals surface area contributed by atoms with Gasteiger partial charge in [0.15, 0.2) is 11.5 Å². The summed E-state index contributed by atoms with van der Waals surface area (Å²) in [5.74, 6) is 3.22. The standard InChI is InChI=1S/C14H19N5O/c1-2-10(1)9-20-8-7-15-12-5-6-13-16-17-14(11-3-4-11)19(13)18-12/h5-6,10-11H,1-4,7-9H2,(H,15,18). The first-order chi connectivity index (χ1) is 9.90. The Balaban J connectivity index is 1.36. The van der Waals surface area contributed by atoms with Crippen LogP contribution < -0.4 is 5.32 Å². The van der Waals surface area contributed by atoms with E-state index in [-0.39, 0.29) is 0 Å². The van der Waals surface area contributed by atoms with Crippen LogP contribution in [-0.2, 0) is 4.74 Å². The molecule has 4 rings (SSSR count). The number of aromatic nitrogens is 4. The third-order valence-corrected chi connectivity index (χ3v) is 3.83. The van der Waals surface area contributed by atoms with E-state index in [1.807, 2.05) is 16.6 Å². The topological polar surface area (TPSA) is 64.3 Å². The van der Waals surface area contributed by atoms with E-state index in [0.717, 1.165) is 43.0 Å². The summed E-state index contributed by atoms with van der Waals surface area (Å²) in [6.45, 7) is 2.42. The minimum absolute atomic E-state index is 0.551. The van der Waals surface area contributed by atoms with E-state index in [9.17, 15) is 0 Å². The lowest BCUT2D eigenvalue weighted by Crippen LogP contribution is -2.12. The van der Waals surface area contributed by atoms with Crippen LogP contribution in [0.25, 0.3) is 5.65 Å². The molecule has 0 radical (unpaired) electrons. The quantitative estimate of drug-likeness (QED) is 0.780. The fraction of sp³-hybridized carbons (Fsp3) is 0.643. The molecule has 2 aliphatic carbocycles. The highest BCUT2D eigenvalue weighted by atomic mass is 16.5. The highest BCUT2D eigenvalue weighted by Gasteiger charge is 2.29. The molecule has 20 heavy (non-hydrogen) atoms. The van der Waals surface area contributed by atoms with E-state index >= 15 is 0 Å². The SMILES string of the molecule is c1cc2nnc(C3CC3)n2nc1NCCOCC1CC1. The van der Waals surface area contributed by atoms with Crippen molar-refractivity contribution in [2.45, 2.75) is 31.6 Å². The van der Waals surface area contributed by atoms with Crippen molar-refractivity contribution in [3.63, 3.8) is 0 Å². The summed E-state index contributed by atoms with van der Waals surface area (Å²) >= 11 is 0. The molecule has 0 aliphatic heterocycles. The van der Waals surface area contributed by atoms with Gasteiger partial charge in [-0.15, -0.1) is 15.3 Å². The van der Waals surface area contributed by atoms with Gasteiger partial charge in [0.05, 0.1) is 6.61 Å². The predicted molar refractivity (Wildman–Crippen MR) is 74.8 cm³/mol. The number of hydrogen-bond donors (Lipinski definition) is 1. The van der Waals surface area contributed by atoms with Crippen molar-refractivity contribution >= 4 is 11.5 Å². The van der Waals surface area contributed by atoms with Crippen LogP contribution in [0.3, 0.4) is 0 Å². The van der Waals surface area contributed by atoms with E-state index in [0.29, 0.717) is 5.92 Å². The Hall–Kier alpha value is -1.69. The van der Waals surface area contributed by atoms with E-state index in [2.05, 4.69) is 20.6 Å². The normalized spacial score (nSPS) is 18.6. The summed E-state index contributed by atoms with van der Waals surface area (Å²) in [6.07, 6.45) is 5.08. The molecular formula is C14H19N5O. The van der Waals surface area contributed by atoms with Crippen molar-refractivity contribution in [2.24, 2.45) is 5.92 Å². The van der Waals surface area contributed by atoms with E-state index in [4.69, 9.17) is 4.74 Å². The van der Waals surface area contributed by atoms with Crippen molar-refractivity contribution in [1.82, 2.24) is 19.8 Å². The van der Waals surface area contributed by atoms with Crippen molar-refractivity contribution in [3.05, 3.63) is 18.0 Å². The highest BCUT2D eigenvalue weighted by molar-refractivity contribution is 5.44. The second-order valence-electron chi connectivity index (χ2n) is 5.77. The summed E-state index contributed by atoms with van der Waals surface area (Å²) in [4.78, 5) is 0. The Morgan fingerprint density at radius 3 is 2.90 bits per heavy atom. The molecule has 6 nitrogen and oxygen atoms in total. The number of nitrogens with zero attached hydrogens (tertiary/aromatic N) is 4. The van der Waals surface area contributed by atoms with Gasteiger partial charge in [0, 0.05) is 19.1 Å². The average Bonchev–Trinajstić information content (AvgIpc) is 3.38. The number of rotatable bonds is 7. The maximum Gasteiger partial charge on any atom is 0.178 e. The van der Waals surface area contributed by atoms with E-state index in [1.165, 1.54) is 25.7 Å². The lowest BCUT2D eigenvalue weighted by Gasteiger charge is -2.06. The van der Waals surface area contributed by atoms with Gasteiger partial charge in [0.2, 0.25) is 0 Å². The predicted octanol–water partition coefficient (Wildman–Crippen LogP) is 1.84. The third kappa shape index (κ3) is 2.60. The first-order valence-corrected chi connectivity index (χ1v) is 7.44. The van der Waals surface area contributed by atoms with Crippen LogP contribution in [-0.4, -0.2) is 39.6 Å². The molecule has 2 aliphatic rings. The van der Waals surface area contributed by atoms with Crippen LogP contribution in [0.15, 0.2) is 12.1 Å². The van der Waals surface area contributed by atoms with Crippen molar-refractivity contribution in [1.29, 1.82) is 0 Å². The van der Waals surface area contributed by atoms with Crippen LogP contribution in [0, 0.1) is 5.92 Å². The number of nitrogens with one attached hydrogen (secondary N) is 1. The monoisotopic (exact) mass is 273 g/mol. The second-order valence-corrected chi connectivity index (χ2v) is 5.77. The Labute approximate surface area is 117 Å².